The third kappa shape index (κ3) is 6.89. The zero-order valence-corrected chi connectivity index (χ0v) is 18.0. The second-order valence-corrected chi connectivity index (χ2v) is 8.19. The van der Waals surface area contributed by atoms with Crippen LogP contribution in [-0.4, -0.2) is 62.6 Å². The average molecular weight is 419 g/mol. The number of rotatable bonds is 10. The Bertz CT molecular complexity index is 748. The van der Waals surface area contributed by atoms with Crippen LogP contribution in [0.3, 0.4) is 0 Å². The van der Waals surface area contributed by atoms with E-state index >= 15 is 0 Å². The molecule has 1 N–H and O–H groups in total. The largest absolute Gasteiger partial charge is 0.489 e. The van der Waals surface area contributed by atoms with Crippen molar-refractivity contribution >= 4 is 17.3 Å². The molecule has 1 aliphatic heterocycles. The summed E-state index contributed by atoms with van der Waals surface area (Å²) in [5, 5.41) is 11.1. The van der Waals surface area contributed by atoms with Gasteiger partial charge in [-0.05, 0) is 42.7 Å². The molecule has 2 atom stereocenters. The lowest BCUT2D eigenvalue weighted by molar-refractivity contribution is 0.0314. The minimum Gasteiger partial charge on any atom is -0.489 e. The Morgan fingerprint density at radius 3 is 2.59 bits per heavy atom. The fourth-order valence-electron chi connectivity index (χ4n) is 3.54. The Hall–Kier alpha value is -1.79. The lowest BCUT2D eigenvalue weighted by atomic mass is 10.1. The molecule has 0 aromatic heterocycles. The van der Waals surface area contributed by atoms with E-state index in [9.17, 15) is 5.11 Å². The summed E-state index contributed by atoms with van der Waals surface area (Å²) in [4.78, 5) is 4.34. The van der Waals surface area contributed by atoms with Crippen LogP contribution in [0.4, 0.5) is 5.69 Å². The Kier molecular flexibility index (Phi) is 8.19. The van der Waals surface area contributed by atoms with Gasteiger partial charge in [-0.25, -0.2) is 0 Å². The highest BCUT2D eigenvalue weighted by Crippen LogP contribution is 2.23. The van der Waals surface area contributed by atoms with Crippen LogP contribution in [-0.2, 0) is 11.3 Å². The molecule has 0 saturated carbocycles. The van der Waals surface area contributed by atoms with Gasteiger partial charge in [0.15, 0.2) is 0 Å². The van der Waals surface area contributed by atoms with E-state index in [-0.39, 0.29) is 12.7 Å². The molecule has 1 saturated heterocycles. The first-order valence-electron chi connectivity index (χ1n) is 10.2. The Labute approximate surface area is 178 Å². The summed E-state index contributed by atoms with van der Waals surface area (Å²) < 4.78 is 11.5. The van der Waals surface area contributed by atoms with Gasteiger partial charge < -0.3 is 19.5 Å². The molecular weight excluding hydrogens is 388 g/mol. The highest BCUT2D eigenvalue weighted by atomic mass is 35.5. The average Bonchev–Trinajstić information content (AvgIpc) is 3.21. The van der Waals surface area contributed by atoms with Crippen molar-refractivity contribution in [2.45, 2.75) is 31.6 Å². The van der Waals surface area contributed by atoms with Crippen molar-refractivity contribution in [1.29, 1.82) is 0 Å². The molecule has 0 bridgehead atoms. The summed E-state index contributed by atoms with van der Waals surface area (Å²) in [7, 11) is 4.07. The molecule has 158 valence electrons. The summed E-state index contributed by atoms with van der Waals surface area (Å²) in [5.74, 6) is 0.596. The molecule has 5 nitrogen and oxygen atoms in total. The quantitative estimate of drug-likeness (QED) is 0.635. The maximum atomic E-state index is 10.6. The SMILES string of the molecule is CN(C)c1ccc(CN(CC(O)COc2ccccc2Cl)CC2CCCO2)cc1. The monoisotopic (exact) mass is 418 g/mol. The molecule has 0 radical (unpaired) electrons. The minimum atomic E-state index is -0.617. The number of aliphatic hydroxyl groups excluding tert-OH is 1. The third-order valence-electron chi connectivity index (χ3n) is 5.08. The second kappa shape index (κ2) is 10.8. The lowest BCUT2D eigenvalue weighted by Crippen LogP contribution is -2.39. The van der Waals surface area contributed by atoms with Crippen LogP contribution in [0.5, 0.6) is 5.75 Å². The van der Waals surface area contributed by atoms with Crippen LogP contribution in [0.2, 0.25) is 5.02 Å². The van der Waals surface area contributed by atoms with Crippen LogP contribution in [0.1, 0.15) is 18.4 Å². The van der Waals surface area contributed by atoms with E-state index in [4.69, 9.17) is 21.1 Å². The van der Waals surface area contributed by atoms with E-state index in [0.717, 1.165) is 32.5 Å². The molecule has 0 amide bonds. The molecular formula is C23H31ClN2O3. The van der Waals surface area contributed by atoms with Crippen LogP contribution < -0.4 is 9.64 Å². The zero-order chi connectivity index (χ0) is 20.6. The van der Waals surface area contributed by atoms with Crippen molar-refractivity contribution < 1.29 is 14.6 Å². The van der Waals surface area contributed by atoms with Crippen LogP contribution in [0.15, 0.2) is 48.5 Å². The van der Waals surface area contributed by atoms with Crippen LogP contribution in [0, 0.1) is 0 Å². The fourth-order valence-corrected chi connectivity index (χ4v) is 3.73. The molecule has 3 rings (SSSR count). The fraction of sp³-hybridized carbons (Fsp3) is 0.478. The van der Waals surface area contributed by atoms with E-state index in [0.29, 0.717) is 17.3 Å². The summed E-state index contributed by atoms with van der Waals surface area (Å²) in [6.07, 6.45) is 1.79. The smallest absolute Gasteiger partial charge is 0.138 e. The number of para-hydroxylation sites is 1. The zero-order valence-electron chi connectivity index (χ0n) is 17.3. The van der Waals surface area contributed by atoms with Gasteiger partial charge >= 0.3 is 0 Å². The molecule has 6 heteroatoms. The topological polar surface area (TPSA) is 45.2 Å². The van der Waals surface area contributed by atoms with Gasteiger partial charge in [0.1, 0.15) is 18.5 Å². The van der Waals surface area contributed by atoms with Crippen LogP contribution in [0.25, 0.3) is 0 Å². The van der Waals surface area contributed by atoms with Crippen LogP contribution >= 0.6 is 11.6 Å². The van der Waals surface area contributed by atoms with E-state index in [1.54, 1.807) is 6.07 Å². The lowest BCUT2D eigenvalue weighted by Gasteiger charge is -2.27. The van der Waals surface area contributed by atoms with Gasteiger partial charge in [-0.1, -0.05) is 35.9 Å². The maximum Gasteiger partial charge on any atom is 0.138 e. The molecule has 2 aromatic rings. The molecule has 1 fully saturated rings. The highest BCUT2D eigenvalue weighted by Gasteiger charge is 2.21. The number of nitrogens with zero attached hydrogens (tertiary/aromatic N) is 2. The van der Waals surface area contributed by atoms with Gasteiger partial charge in [-0.2, -0.15) is 0 Å². The van der Waals surface area contributed by atoms with Gasteiger partial charge in [0.25, 0.3) is 0 Å². The van der Waals surface area contributed by atoms with Crippen molar-refractivity contribution in [2.75, 3.05) is 45.3 Å². The number of hydrogen-bond donors (Lipinski definition) is 1. The Morgan fingerprint density at radius 1 is 1.17 bits per heavy atom. The predicted molar refractivity (Wildman–Crippen MR) is 118 cm³/mol. The Morgan fingerprint density at radius 2 is 1.93 bits per heavy atom. The van der Waals surface area contributed by atoms with Crippen molar-refractivity contribution in [3.8, 4) is 5.75 Å². The number of halogens is 1. The van der Waals surface area contributed by atoms with Gasteiger partial charge in [0.05, 0.1) is 11.1 Å². The number of aliphatic hydroxyl groups is 1. The first-order valence-corrected chi connectivity index (χ1v) is 10.5. The normalized spacial score (nSPS) is 17.5. The summed E-state index contributed by atoms with van der Waals surface area (Å²) >= 11 is 6.13. The third-order valence-corrected chi connectivity index (χ3v) is 5.39. The van der Waals surface area contributed by atoms with Crippen molar-refractivity contribution in [2.24, 2.45) is 0 Å². The van der Waals surface area contributed by atoms with Gasteiger partial charge in [0, 0.05) is 46.0 Å². The molecule has 0 aliphatic carbocycles. The predicted octanol–water partition coefficient (Wildman–Crippen LogP) is 3.83. The number of ether oxygens (including phenoxy) is 2. The number of hydrogen-bond acceptors (Lipinski definition) is 5. The molecule has 29 heavy (non-hydrogen) atoms. The van der Waals surface area contributed by atoms with Crippen molar-refractivity contribution in [3.05, 3.63) is 59.1 Å². The van der Waals surface area contributed by atoms with E-state index in [1.165, 1.54) is 11.3 Å². The first-order chi connectivity index (χ1) is 14.0. The van der Waals surface area contributed by atoms with Crippen molar-refractivity contribution in [3.63, 3.8) is 0 Å². The number of benzene rings is 2. The first kappa shape index (κ1) is 21.9. The molecule has 0 spiro atoms. The molecule has 2 aromatic carbocycles. The molecule has 2 unspecified atom stereocenters. The summed E-state index contributed by atoms with van der Waals surface area (Å²) in [6, 6.07) is 15.9. The minimum absolute atomic E-state index is 0.200. The molecule has 1 heterocycles. The Balaban J connectivity index is 1.59. The van der Waals surface area contributed by atoms with E-state index in [1.807, 2.05) is 32.3 Å². The second-order valence-electron chi connectivity index (χ2n) is 7.79. The highest BCUT2D eigenvalue weighted by molar-refractivity contribution is 6.32. The molecule has 1 aliphatic rings. The van der Waals surface area contributed by atoms with Gasteiger partial charge in [-0.3, -0.25) is 4.90 Å². The standard InChI is InChI=1S/C23H31ClN2O3/c1-25(2)19-11-9-18(10-12-19)14-26(16-21-6-5-13-28-21)15-20(27)17-29-23-8-4-3-7-22(23)24/h3-4,7-12,20-21,27H,5-6,13-17H2,1-2H3. The maximum absolute atomic E-state index is 10.6. The van der Waals surface area contributed by atoms with Gasteiger partial charge in [-0.15, -0.1) is 0 Å². The van der Waals surface area contributed by atoms with Crippen molar-refractivity contribution in [1.82, 2.24) is 4.90 Å². The number of anilines is 1. The van der Waals surface area contributed by atoms with E-state index in [2.05, 4.69) is 34.1 Å². The summed E-state index contributed by atoms with van der Waals surface area (Å²) in [6.45, 7) is 3.11. The van der Waals surface area contributed by atoms with Gasteiger partial charge in [0.2, 0.25) is 0 Å². The van der Waals surface area contributed by atoms with E-state index < -0.39 is 6.10 Å². The summed E-state index contributed by atoms with van der Waals surface area (Å²) in [5.41, 5.74) is 2.39.